The van der Waals surface area contributed by atoms with Crippen LogP contribution in [-0.4, -0.2) is 55.9 Å². The van der Waals surface area contributed by atoms with Gasteiger partial charge in [0.1, 0.15) is 0 Å². The van der Waals surface area contributed by atoms with E-state index in [1.165, 1.54) is 12.8 Å². The van der Waals surface area contributed by atoms with E-state index < -0.39 is 0 Å². The number of piperidine rings is 1. The van der Waals surface area contributed by atoms with Crippen LogP contribution in [0.3, 0.4) is 0 Å². The summed E-state index contributed by atoms with van der Waals surface area (Å²) in [6.07, 6.45) is 5.96. The number of fused-ring (bicyclic) bond motifs is 1. The fourth-order valence-corrected chi connectivity index (χ4v) is 3.97. The molecule has 3 aromatic rings. The largest absolute Gasteiger partial charge is 0.504 e. The summed E-state index contributed by atoms with van der Waals surface area (Å²) in [6.45, 7) is 4.09. The van der Waals surface area contributed by atoms with Gasteiger partial charge < -0.3 is 15.3 Å². The van der Waals surface area contributed by atoms with Crippen LogP contribution >= 0.6 is 11.3 Å². The summed E-state index contributed by atoms with van der Waals surface area (Å²) >= 11 is 1.58. The van der Waals surface area contributed by atoms with Gasteiger partial charge in [-0.25, -0.2) is 9.67 Å². The predicted molar refractivity (Wildman–Crippen MR) is 95.1 cm³/mol. The maximum absolute atomic E-state index is 10.0. The SMILES string of the molecule is Cc1cnc(-n2cc3sc(N[C@@H]4CCCN(C)C4)nc3n2)c(O)c1. The van der Waals surface area contributed by atoms with Crippen LogP contribution in [0.5, 0.6) is 5.75 Å². The molecular formula is C16H20N6OS. The second kappa shape index (κ2) is 6.03. The summed E-state index contributed by atoms with van der Waals surface area (Å²) in [4.78, 5) is 11.2. The Morgan fingerprint density at radius 2 is 2.29 bits per heavy atom. The molecule has 8 heteroatoms. The number of aromatic nitrogens is 4. The lowest BCUT2D eigenvalue weighted by Crippen LogP contribution is -2.39. The van der Waals surface area contributed by atoms with Gasteiger partial charge in [0.15, 0.2) is 22.3 Å². The number of rotatable bonds is 3. The second-order valence-corrected chi connectivity index (χ2v) is 7.41. The van der Waals surface area contributed by atoms with E-state index in [0.29, 0.717) is 17.5 Å². The molecule has 24 heavy (non-hydrogen) atoms. The molecule has 126 valence electrons. The predicted octanol–water partition coefficient (Wildman–Crippen LogP) is 2.40. The highest BCUT2D eigenvalue weighted by Crippen LogP contribution is 2.29. The van der Waals surface area contributed by atoms with Crippen molar-refractivity contribution in [2.45, 2.75) is 25.8 Å². The van der Waals surface area contributed by atoms with Crippen molar-refractivity contribution in [1.29, 1.82) is 0 Å². The van der Waals surface area contributed by atoms with Gasteiger partial charge in [-0.2, -0.15) is 4.98 Å². The maximum Gasteiger partial charge on any atom is 0.196 e. The zero-order valence-corrected chi connectivity index (χ0v) is 14.5. The summed E-state index contributed by atoms with van der Waals surface area (Å²) < 4.78 is 2.56. The molecule has 0 bridgehead atoms. The Kier molecular flexibility index (Phi) is 3.85. The van der Waals surface area contributed by atoms with E-state index in [1.54, 1.807) is 28.3 Å². The second-order valence-electron chi connectivity index (χ2n) is 6.38. The number of likely N-dealkylation sites (N-methyl/N-ethyl adjacent to an activating group) is 1. The van der Waals surface area contributed by atoms with Gasteiger partial charge in [-0.3, -0.25) is 0 Å². The molecule has 7 nitrogen and oxygen atoms in total. The van der Waals surface area contributed by atoms with E-state index in [-0.39, 0.29) is 5.75 Å². The van der Waals surface area contributed by atoms with Crippen molar-refractivity contribution in [3.8, 4) is 11.6 Å². The smallest absolute Gasteiger partial charge is 0.196 e. The molecule has 1 fully saturated rings. The number of nitrogens with zero attached hydrogens (tertiary/aromatic N) is 5. The van der Waals surface area contributed by atoms with Crippen molar-refractivity contribution in [2.75, 3.05) is 25.5 Å². The van der Waals surface area contributed by atoms with Gasteiger partial charge in [-0.05, 0) is 45.0 Å². The van der Waals surface area contributed by atoms with Crippen molar-refractivity contribution < 1.29 is 5.11 Å². The molecule has 0 radical (unpaired) electrons. The van der Waals surface area contributed by atoms with Gasteiger partial charge in [0.2, 0.25) is 0 Å². The highest BCUT2D eigenvalue weighted by Gasteiger charge is 2.19. The quantitative estimate of drug-likeness (QED) is 0.759. The molecule has 3 aromatic heterocycles. The minimum Gasteiger partial charge on any atom is -0.504 e. The molecule has 2 N–H and O–H groups in total. The normalized spacial score (nSPS) is 19.0. The van der Waals surface area contributed by atoms with Crippen LogP contribution in [0, 0.1) is 6.92 Å². The molecule has 1 aliphatic rings. The molecule has 1 saturated heterocycles. The third kappa shape index (κ3) is 2.94. The van der Waals surface area contributed by atoms with E-state index in [0.717, 1.165) is 28.5 Å². The van der Waals surface area contributed by atoms with Crippen molar-refractivity contribution in [1.82, 2.24) is 24.6 Å². The highest BCUT2D eigenvalue weighted by atomic mass is 32.1. The average molecular weight is 344 g/mol. The summed E-state index contributed by atoms with van der Waals surface area (Å²) in [7, 11) is 2.15. The molecule has 1 atom stereocenters. The zero-order chi connectivity index (χ0) is 16.7. The Morgan fingerprint density at radius 3 is 3.04 bits per heavy atom. The Hall–Kier alpha value is -2.19. The topological polar surface area (TPSA) is 79.1 Å². The number of likely N-dealkylation sites (tertiary alicyclic amines) is 1. The van der Waals surface area contributed by atoms with Crippen molar-refractivity contribution >= 4 is 26.8 Å². The van der Waals surface area contributed by atoms with Crippen molar-refractivity contribution in [2.24, 2.45) is 0 Å². The lowest BCUT2D eigenvalue weighted by Gasteiger charge is -2.29. The van der Waals surface area contributed by atoms with Gasteiger partial charge in [-0.1, -0.05) is 11.3 Å². The minimum absolute atomic E-state index is 0.119. The molecule has 4 rings (SSSR count). The molecule has 0 amide bonds. The molecule has 0 aromatic carbocycles. The zero-order valence-electron chi connectivity index (χ0n) is 13.7. The molecule has 0 aliphatic carbocycles. The monoisotopic (exact) mass is 344 g/mol. The molecule has 0 unspecified atom stereocenters. The van der Waals surface area contributed by atoms with E-state index in [4.69, 9.17) is 0 Å². The van der Waals surface area contributed by atoms with E-state index in [1.807, 2.05) is 13.1 Å². The van der Waals surface area contributed by atoms with Crippen LogP contribution in [0.2, 0.25) is 0 Å². The fourth-order valence-electron chi connectivity index (χ4n) is 3.07. The Balaban J connectivity index is 1.56. The number of hydrogen-bond acceptors (Lipinski definition) is 7. The van der Waals surface area contributed by atoms with Crippen LogP contribution in [0.25, 0.3) is 16.2 Å². The molecule has 0 spiro atoms. The first-order chi connectivity index (χ1) is 11.6. The van der Waals surface area contributed by atoms with Crippen LogP contribution < -0.4 is 5.32 Å². The van der Waals surface area contributed by atoms with Gasteiger partial charge in [0.05, 0.1) is 10.9 Å². The number of anilines is 1. The number of aromatic hydroxyl groups is 1. The van der Waals surface area contributed by atoms with E-state index in [2.05, 4.69) is 32.3 Å². The summed E-state index contributed by atoms with van der Waals surface area (Å²) in [5, 5.41) is 18.9. The molecule has 4 heterocycles. The lowest BCUT2D eigenvalue weighted by molar-refractivity contribution is 0.261. The van der Waals surface area contributed by atoms with E-state index >= 15 is 0 Å². The maximum atomic E-state index is 10.0. The Morgan fingerprint density at radius 1 is 1.42 bits per heavy atom. The van der Waals surface area contributed by atoms with Gasteiger partial charge in [0, 0.05) is 18.8 Å². The highest BCUT2D eigenvalue weighted by molar-refractivity contribution is 7.22. The number of aryl methyl sites for hydroxylation is 1. The summed E-state index contributed by atoms with van der Waals surface area (Å²) in [6, 6.07) is 2.12. The van der Waals surface area contributed by atoms with Crippen LogP contribution in [0.1, 0.15) is 18.4 Å². The van der Waals surface area contributed by atoms with Gasteiger partial charge in [-0.15, -0.1) is 5.10 Å². The number of pyridine rings is 1. The van der Waals surface area contributed by atoms with E-state index in [9.17, 15) is 5.11 Å². The summed E-state index contributed by atoms with van der Waals surface area (Å²) in [5.41, 5.74) is 1.58. The third-order valence-corrected chi connectivity index (χ3v) is 5.14. The van der Waals surface area contributed by atoms with Crippen LogP contribution in [0.15, 0.2) is 18.5 Å². The first-order valence-corrected chi connectivity index (χ1v) is 8.87. The van der Waals surface area contributed by atoms with Crippen molar-refractivity contribution in [3.63, 3.8) is 0 Å². The third-order valence-electron chi connectivity index (χ3n) is 4.23. The van der Waals surface area contributed by atoms with Crippen LogP contribution in [-0.2, 0) is 0 Å². The summed E-state index contributed by atoms with van der Waals surface area (Å²) in [5.74, 6) is 0.544. The fraction of sp³-hybridized carbons (Fsp3) is 0.438. The van der Waals surface area contributed by atoms with Gasteiger partial charge >= 0.3 is 0 Å². The average Bonchev–Trinajstić information content (AvgIpc) is 3.05. The first kappa shape index (κ1) is 15.3. The lowest BCUT2D eigenvalue weighted by atomic mass is 10.1. The Bertz CT molecular complexity index is 841. The first-order valence-electron chi connectivity index (χ1n) is 8.06. The molecule has 0 saturated carbocycles. The number of hydrogen-bond donors (Lipinski definition) is 2. The molecule has 1 aliphatic heterocycles. The van der Waals surface area contributed by atoms with Crippen molar-refractivity contribution in [3.05, 3.63) is 24.0 Å². The number of nitrogens with one attached hydrogen (secondary N) is 1. The van der Waals surface area contributed by atoms with Crippen LogP contribution in [0.4, 0.5) is 5.13 Å². The molecular weight excluding hydrogens is 324 g/mol. The minimum atomic E-state index is 0.119. The van der Waals surface area contributed by atoms with Gasteiger partial charge in [0.25, 0.3) is 0 Å². The number of thiazole rings is 1. The standard InChI is InChI=1S/C16H20N6OS/c1-10-6-12(23)15(17-7-10)22-9-13-14(20-22)19-16(24-13)18-11-4-3-5-21(2)8-11/h6-7,9,11,23H,3-5,8H2,1-2H3,(H,18,19,20)/t11-/m1/s1. The Labute approximate surface area is 144 Å².